The number of nitrogens with zero attached hydrogens (tertiary/aromatic N) is 1. The normalized spacial score (nSPS) is 30.7. The van der Waals surface area contributed by atoms with Crippen LogP contribution < -0.4 is 4.90 Å². The van der Waals surface area contributed by atoms with Gasteiger partial charge in [-0.3, -0.25) is 14.4 Å². The van der Waals surface area contributed by atoms with E-state index in [0.717, 1.165) is 12.6 Å². The van der Waals surface area contributed by atoms with Crippen molar-refractivity contribution in [2.24, 2.45) is 10.8 Å². The average molecular weight is 470 g/mol. The van der Waals surface area contributed by atoms with E-state index in [1.807, 2.05) is 32.0 Å². The molecule has 0 amide bonds. The highest BCUT2D eigenvalue weighted by atomic mass is 16.3. The van der Waals surface area contributed by atoms with Gasteiger partial charge < -0.3 is 25.3 Å². The summed E-state index contributed by atoms with van der Waals surface area (Å²) >= 11 is 0. The molecular weight excluding hydrogens is 438 g/mol. The maximum atomic E-state index is 13.9. The Labute approximate surface area is 198 Å². The van der Waals surface area contributed by atoms with Crippen LogP contribution in [0.5, 0.6) is 5.75 Å². The van der Waals surface area contributed by atoms with E-state index >= 15 is 0 Å². The Kier molecular flexibility index (Phi) is 5.07. The lowest BCUT2D eigenvalue weighted by Crippen LogP contribution is -2.65. The first-order chi connectivity index (χ1) is 15.6. The Morgan fingerprint density at radius 3 is 2.26 bits per heavy atom. The van der Waals surface area contributed by atoms with Gasteiger partial charge in [-0.05, 0) is 43.4 Å². The molecule has 3 aliphatic carbocycles. The second-order valence-corrected chi connectivity index (χ2v) is 10.6. The molecular formula is C26H31NO7. The standard InChI is InChI=1S/C26H31NO7/c1-7-13-8-15(27(5)6)14-9-24(3)11-25(4)10-16(29)17(12(2)28)22(32)26(25,34)23(33)19(24)21(31)18(14)20(13)30/h8,30-32,34H,7,9-11H2,1-6H3/t24-,25+,26+/m1/s1. The number of fused-ring (bicyclic) bond motifs is 3. The molecule has 4 rings (SSSR count). The molecule has 1 aromatic carbocycles. The predicted molar refractivity (Wildman–Crippen MR) is 126 cm³/mol. The molecule has 8 heteroatoms. The van der Waals surface area contributed by atoms with Crippen molar-refractivity contribution < 1.29 is 34.8 Å². The zero-order valence-electron chi connectivity index (χ0n) is 20.4. The van der Waals surface area contributed by atoms with Gasteiger partial charge in [-0.2, -0.15) is 0 Å². The van der Waals surface area contributed by atoms with Crippen LogP contribution in [0.1, 0.15) is 57.2 Å². The summed E-state index contributed by atoms with van der Waals surface area (Å²) in [5, 5.41) is 45.0. The van der Waals surface area contributed by atoms with Crippen molar-refractivity contribution in [3.63, 3.8) is 0 Å². The number of Topliss-reactive ketones (excluding diaryl/α,β-unsaturated/α-hetero) is 3. The highest BCUT2D eigenvalue weighted by Crippen LogP contribution is 2.63. The van der Waals surface area contributed by atoms with Crippen molar-refractivity contribution in [3.8, 4) is 5.75 Å². The van der Waals surface area contributed by atoms with Gasteiger partial charge in [0.05, 0.1) is 5.56 Å². The topological polar surface area (TPSA) is 135 Å². The first-order valence-electron chi connectivity index (χ1n) is 11.4. The fourth-order valence-corrected chi connectivity index (χ4v) is 6.42. The van der Waals surface area contributed by atoms with Crippen molar-refractivity contribution in [3.05, 3.63) is 39.7 Å². The Morgan fingerprint density at radius 1 is 1.12 bits per heavy atom. The quantitative estimate of drug-likeness (QED) is 0.496. The first-order valence-corrected chi connectivity index (χ1v) is 11.4. The molecule has 0 radical (unpaired) electrons. The number of aromatic hydroxyl groups is 1. The second-order valence-electron chi connectivity index (χ2n) is 10.6. The summed E-state index contributed by atoms with van der Waals surface area (Å²) in [6.07, 6.45) is 0.544. The minimum atomic E-state index is -2.55. The van der Waals surface area contributed by atoms with Crippen LogP contribution in [0, 0.1) is 10.8 Å². The first kappa shape index (κ1) is 24.0. The molecule has 0 aromatic heterocycles. The molecule has 0 saturated heterocycles. The molecule has 1 fully saturated rings. The van der Waals surface area contributed by atoms with E-state index in [0.29, 0.717) is 17.5 Å². The number of rotatable bonds is 3. The van der Waals surface area contributed by atoms with Crippen LogP contribution in [0.25, 0.3) is 5.76 Å². The van der Waals surface area contributed by atoms with Gasteiger partial charge in [-0.1, -0.05) is 20.8 Å². The third-order valence-electron chi connectivity index (χ3n) is 7.94. The molecule has 4 N–H and O–H groups in total. The van der Waals surface area contributed by atoms with Crippen LogP contribution in [-0.4, -0.2) is 57.5 Å². The largest absolute Gasteiger partial charge is 0.508 e. The van der Waals surface area contributed by atoms with E-state index in [1.54, 1.807) is 13.8 Å². The Bertz CT molecular complexity index is 1240. The molecule has 1 saturated carbocycles. The number of aliphatic hydroxyl groups excluding tert-OH is 2. The minimum Gasteiger partial charge on any atom is -0.508 e. The van der Waals surface area contributed by atoms with Gasteiger partial charge in [-0.15, -0.1) is 0 Å². The van der Waals surface area contributed by atoms with Crippen LogP contribution in [0.3, 0.4) is 0 Å². The maximum absolute atomic E-state index is 13.9. The van der Waals surface area contributed by atoms with Crippen molar-refractivity contribution in [1.29, 1.82) is 0 Å². The summed E-state index contributed by atoms with van der Waals surface area (Å²) in [7, 11) is 3.70. The summed E-state index contributed by atoms with van der Waals surface area (Å²) in [5.74, 6) is -3.87. The van der Waals surface area contributed by atoms with E-state index < -0.39 is 50.9 Å². The molecule has 0 spiro atoms. The third kappa shape index (κ3) is 2.78. The van der Waals surface area contributed by atoms with Crippen molar-refractivity contribution in [2.45, 2.75) is 59.0 Å². The van der Waals surface area contributed by atoms with E-state index in [9.17, 15) is 34.8 Å². The number of hydrogen-bond acceptors (Lipinski definition) is 8. The molecule has 8 nitrogen and oxygen atoms in total. The lowest BCUT2D eigenvalue weighted by Gasteiger charge is -2.56. The van der Waals surface area contributed by atoms with Crippen molar-refractivity contribution in [1.82, 2.24) is 0 Å². The zero-order chi connectivity index (χ0) is 25.5. The number of hydrogen-bond donors (Lipinski definition) is 4. The molecule has 34 heavy (non-hydrogen) atoms. The number of phenolic OH excluding ortho intramolecular Hbond substituents is 1. The van der Waals surface area contributed by atoms with Crippen LogP contribution in [0.2, 0.25) is 0 Å². The number of phenols is 1. The molecule has 3 aliphatic rings. The number of carbonyl (C=O) groups is 3. The van der Waals surface area contributed by atoms with Gasteiger partial charge in [0.15, 0.2) is 17.2 Å². The summed E-state index contributed by atoms with van der Waals surface area (Å²) in [4.78, 5) is 40.7. The van der Waals surface area contributed by atoms with Gasteiger partial charge in [0.2, 0.25) is 5.78 Å². The predicted octanol–water partition coefficient (Wildman–Crippen LogP) is 2.94. The Morgan fingerprint density at radius 2 is 1.74 bits per heavy atom. The van der Waals surface area contributed by atoms with Crippen molar-refractivity contribution >= 4 is 28.8 Å². The highest BCUT2D eigenvalue weighted by Gasteiger charge is 2.68. The molecule has 3 atom stereocenters. The number of aryl methyl sites for hydroxylation is 1. The van der Waals surface area contributed by atoms with Gasteiger partial charge in [0.1, 0.15) is 22.8 Å². The molecule has 0 aliphatic heterocycles. The lowest BCUT2D eigenvalue weighted by molar-refractivity contribution is -0.164. The number of allylic oxidation sites excluding steroid dienone is 1. The van der Waals surface area contributed by atoms with Gasteiger partial charge >= 0.3 is 0 Å². The molecule has 0 heterocycles. The van der Waals surface area contributed by atoms with Crippen LogP contribution >= 0.6 is 0 Å². The lowest BCUT2D eigenvalue weighted by atomic mass is 9.47. The van der Waals surface area contributed by atoms with E-state index in [1.165, 1.54) is 0 Å². The Hall–Kier alpha value is -3.13. The number of carbonyl (C=O) groups excluding carboxylic acids is 3. The van der Waals surface area contributed by atoms with Crippen LogP contribution in [0.15, 0.2) is 23.0 Å². The molecule has 0 unspecified atom stereocenters. The number of benzene rings is 1. The molecule has 182 valence electrons. The fraction of sp³-hybridized carbons (Fsp3) is 0.500. The fourth-order valence-electron chi connectivity index (χ4n) is 6.42. The van der Waals surface area contributed by atoms with E-state index in [-0.39, 0.29) is 36.1 Å². The smallest absolute Gasteiger partial charge is 0.203 e. The number of aliphatic hydroxyl groups is 3. The summed E-state index contributed by atoms with van der Waals surface area (Å²) < 4.78 is 0. The second kappa shape index (κ2) is 7.18. The van der Waals surface area contributed by atoms with Gasteiger partial charge in [-0.25, -0.2) is 0 Å². The maximum Gasteiger partial charge on any atom is 0.203 e. The Balaban J connectivity index is 2.07. The number of anilines is 1. The summed E-state index contributed by atoms with van der Waals surface area (Å²) in [6, 6.07) is 1.86. The highest BCUT2D eigenvalue weighted by molar-refractivity contribution is 6.23. The van der Waals surface area contributed by atoms with E-state index in [4.69, 9.17) is 0 Å². The molecule has 0 bridgehead atoms. The average Bonchev–Trinajstić information content (AvgIpc) is 2.70. The van der Waals surface area contributed by atoms with Gasteiger partial charge in [0.25, 0.3) is 0 Å². The zero-order valence-corrected chi connectivity index (χ0v) is 20.4. The van der Waals surface area contributed by atoms with Crippen molar-refractivity contribution in [2.75, 3.05) is 19.0 Å². The minimum absolute atomic E-state index is 0.0885. The summed E-state index contributed by atoms with van der Waals surface area (Å²) in [6.45, 7) is 6.28. The van der Waals surface area contributed by atoms with Crippen LogP contribution in [-0.2, 0) is 27.2 Å². The van der Waals surface area contributed by atoms with Gasteiger partial charge in [0, 0.05) is 42.6 Å². The third-order valence-corrected chi connectivity index (χ3v) is 7.94. The van der Waals surface area contributed by atoms with Crippen LogP contribution in [0.4, 0.5) is 5.69 Å². The monoisotopic (exact) mass is 469 g/mol. The molecule has 1 aromatic rings. The number of ketones is 3. The SMILES string of the molecule is CCc1cc(N(C)C)c2c(c1O)C(O)=C1C(=O)[C@@]3(O)C(O)=C(C(C)=O)C(=O)C[C@@]3(C)C[C@@]1(C)C2. The van der Waals surface area contributed by atoms with E-state index in [2.05, 4.69) is 0 Å². The summed E-state index contributed by atoms with van der Waals surface area (Å²) in [5.41, 5.74) is -3.46.